The first-order valence-electron chi connectivity index (χ1n) is 7.38. The SMILES string of the molecule is CC(CCc1ccccc1)NCC(=O)c1ccc(O)c(O)c1. The van der Waals surface area contributed by atoms with Crippen molar-refractivity contribution in [1.82, 2.24) is 5.32 Å². The Hall–Kier alpha value is -2.33. The van der Waals surface area contributed by atoms with Crippen molar-refractivity contribution in [1.29, 1.82) is 0 Å². The number of aromatic hydroxyl groups is 2. The Balaban J connectivity index is 1.79. The summed E-state index contributed by atoms with van der Waals surface area (Å²) in [4.78, 5) is 12.0. The zero-order valence-electron chi connectivity index (χ0n) is 12.6. The Morgan fingerprint density at radius 2 is 1.82 bits per heavy atom. The quantitative estimate of drug-likeness (QED) is 0.543. The molecule has 22 heavy (non-hydrogen) atoms. The van der Waals surface area contributed by atoms with Gasteiger partial charge in [-0.05, 0) is 43.5 Å². The van der Waals surface area contributed by atoms with Gasteiger partial charge in [0.1, 0.15) is 0 Å². The number of benzene rings is 2. The minimum Gasteiger partial charge on any atom is -0.504 e. The van der Waals surface area contributed by atoms with Crippen molar-refractivity contribution in [2.75, 3.05) is 6.54 Å². The lowest BCUT2D eigenvalue weighted by Crippen LogP contribution is -2.31. The van der Waals surface area contributed by atoms with Crippen LogP contribution >= 0.6 is 0 Å². The predicted octanol–water partition coefficient (Wildman–Crippen LogP) is 2.89. The lowest BCUT2D eigenvalue weighted by Gasteiger charge is -2.13. The molecule has 0 fully saturated rings. The van der Waals surface area contributed by atoms with Crippen LogP contribution < -0.4 is 5.32 Å². The normalized spacial score (nSPS) is 12.0. The Kier molecular flexibility index (Phi) is 5.55. The molecule has 1 unspecified atom stereocenters. The number of hydrogen-bond donors (Lipinski definition) is 3. The van der Waals surface area contributed by atoms with E-state index in [0.29, 0.717) is 5.56 Å². The van der Waals surface area contributed by atoms with E-state index in [4.69, 9.17) is 0 Å². The number of carbonyl (C=O) groups is 1. The molecule has 0 amide bonds. The Labute approximate surface area is 130 Å². The van der Waals surface area contributed by atoms with Crippen LogP contribution in [0.3, 0.4) is 0 Å². The third-order valence-electron chi connectivity index (χ3n) is 3.62. The zero-order chi connectivity index (χ0) is 15.9. The first kappa shape index (κ1) is 16.0. The number of carbonyl (C=O) groups excluding carboxylic acids is 1. The fraction of sp³-hybridized carbons (Fsp3) is 0.278. The third kappa shape index (κ3) is 4.60. The van der Waals surface area contributed by atoms with Crippen molar-refractivity contribution < 1.29 is 15.0 Å². The second-order valence-electron chi connectivity index (χ2n) is 5.43. The fourth-order valence-corrected chi connectivity index (χ4v) is 2.20. The van der Waals surface area contributed by atoms with Gasteiger partial charge in [0.25, 0.3) is 0 Å². The number of aryl methyl sites for hydroxylation is 1. The monoisotopic (exact) mass is 299 g/mol. The van der Waals surface area contributed by atoms with Gasteiger partial charge in [-0.2, -0.15) is 0 Å². The summed E-state index contributed by atoms with van der Waals surface area (Å²) in [5.41, 5.74) is 1.67. The van der Waals surface area contributed by atoms with Crippen LogP contribution in [0.2, 0.25) is 0 Å². The Morgan fingerprint density at radius 3 is 2.50 bits per heavy atom. The topological polar surface area (TPSA) is 69.6 Å². The summed E-state index contributed by atoms with van der Waals surface area (Å²) >= 11 is 0. The molecule has 0 aromatic heterocycles. The van der Waals surface area contributed by atoms with E-state index in [9.17, 15) is 15.0 Å². The number of rotatable bonds is 7. The van der Waals surface area contributed by atoms with Crippen LogP contribution in [-0.2, 0) is 6.42 Å². The molecule has 2 rings (SSSR count). The van der Waals surface area contributed by atoms with Crippen LogP contribution in [0.15, 0.2) is 48.5 Å². The molecule has 2 aromatic carbocycles. The molecule has 0 spiro atoms. The summed E-state index contributed by atoms with van der Waals surface area (Å²) in [6.45, 7) is 2.25. The Morgan fingerprint density at radius 1 is 1.09 bits per heavy atom. The molecule has 0 saturated carbocycles. The second kappa shape index (κ2) is 7.61. The number of phenols is 2. The smallest absolute Gasteiger partial charge is 0.176 e. The number of Topliss-reactive ketones (excluding diaryl/α,β-unsaturated/α-hetero) is 1. The molecule has 4 heteroatoms. The Bertz CT molecular complexity index is 625. The van der Waals surface area contributed by atoms with Crippen molar-refractivity contribution in [3.05, 3.63) is 59.7 Å². The van der Waals surface area contributed by atoms with Gasteiger partial charge in [-0.15, -0.1) is 0 Å². The highest BCUT2D eigenvalue weighted by Gasteiger charge is 2.10. The maximum absolute atomic E-state index is 12.0. The molecule has 0 radical (unpaired) electrons. The summed E-state index contributed by atoms with van der Waals surface area (Å²) in [5, 5.41) is 21.9. The highest BCUT2D eigenvalue weighted by molar-refractivity contribution is 5.98. The van der Waals surface area contributed by atoms with Crippen molar-refractivity contribution in [3.63, 3.8) is 0 Å². The van der Waals surface area contributed by atoms with Crippen LogP contribution in [0, 0.1) is 0 Å². The summed E-state index contributed by atoms with van der Waals surface area (Å²) in [7, 11) is 0. The van der Waals surface area contributed by atoms with Gasteiger partial charge in [-0.25, -0.2) is 0 Å². The summed E-state index contributed by atoms with van der Waals surface area (Å²) < 4.78 is 0. The van der Waals surface area contributed by atoms with Gasteiger partial charge in [0.15, 0.2) is 17.3 Å². The van der Waals surface area contributed by atoms with Crippen LogP contribution in [0.25, 0.3) is 0 Å². The maximum atomic E-state index is 12.0. The van der Waals surface area contributed by atoms with E-state index in [1.54, 1.807) is 0 Å². The first-order chi connectivity index (χ1) is 10.6. The van der Waals surface area contributed by atoms with Gasteiger partial charge in [0, 0.05) is 11.6 Å². The molecule has 2 aromatic rings. The molecular formula is C18H21NO3. The van der Waals surface area contributed by atoms with Gasteiger partial charge in [0.05, 0.1) is 6.54 Å². The van der Waals surface area contributed by atoms with E-state index < -0.39 is 0 Å². The molecule has 0 heterocycles. The third-order valence-corrected chi connectivity index (χ3v) is 3.62. The van der Waals surface area contributed by atoms with E-state index >= 15 is 0 Å². The van der Waals surface area contributed by atoms with E-state index in [2.05, 4.69) is 17.4 Å². The number of hydrogen-bond acceptors (Lipinski definition) is 4. The number of ketones is 1. The van der Waals surface area contributed by atoms with Gasteiger partial charge in [-0.3, -0.25) is 4.79 Å². The van der Waals surface area contributed by atoms with Crippen molar-refractivity contribution >= 4 is 5.78 Å². The lowest BCUT2D eigenvalue weighted by atomic mass is 10.1. The van der Waals surface area contributed by atoms with E-state index in [0.717, 1.165) is 12.8 Å². The van der Waals surface area contributed by atoms with Gasteiger partial charge in [0.2, 0.25) is 0 Å². The summed E-state index contributed by atoms with van der Waals surface area (Å²) in [6.07, 6.45) is 1.90. The van der Waals surface area contributed by atoms with Crippen molar-refractivity contribution in [2.45, 2.75) is 25.8 Å². The molecule has 0 saturated heterocycles. The van der Waals surface area contributed by atoms with Gasteiger partial charge >= 0.3 is 0 Å². The zero-order valence-corrected chi connectivity index (χ0v) is 12.6. The van der Waals surface area contributed by atoms with Crippen LogP contribution in [0.5, 0.6) is 11.5 Å². The lowest BCUT2D eigenvalue weighted by molar-refractivity contribution is 0.0987. The van der Waals surface area contributed by atoms with Crippen molar-refractivity contribution in [2.24, 2.45) is 0 Å². The maximum Gasteiger partial charge on any atom is 0.176 e. The van der Waals surface area contributed by atoms with E-state index in [1.165, 1.54) is 23.8 Å². The number of phenolic OH excluding ortho intramolecular Hbond substituents is 2. The predicted molar refractivity (Wildman–Crippen MR) is 86.3 cm³/mol. The van der Waals surface area contributed by atoms with Gasteiger partial charge in [-0.1, -0.05) is 30.3 Å². The second-order valence-corrected chi connectivity index (χ2v) is 5.43. The van der Waals surface area contributed by atoms with Crippen LogP contribution in [0.4, 0.5) is 0 Å². The molecule has 4 nitrogen and oxygen atoms in total. The molecule has 0 aliphatic heterocycles. The summed E-state index contributed by atoms with van der Waals surface area (Å²) in [5.74, 6) is -0.606. The molecular weight excluding hydrogens is 278 g/mol. The van der Waals surface area contributed by atoms with Crippen molar-refractivity contribution in [3.8, 4) is 11.5 Å². The largest absolute Gasteiger partial charge is 0.504 e. The molecule has 116 valence electrons. The average Bonchev–Trinajstić information content (AvgIpc) is 2.54. The molecule has 0 aliphatic rings. The molecule has 1 atom stereocenters. The fourth-order valence-electron chi connectivity index (χ4n) is 2.20. The van der Waals surface area contributed by atoms with Crippen LogP contribution in [-0.4, -0.2) is 28.6 Å². The minimum absolute atomic E-state index is 0.109. The molecule has 0 bridgehead atoms. The van der Waals surface area contributed by atoms with E-state index in [1.807, 2.05) is 25.1 Å². The van der Waals surface area contributed by atoms with E-state index in [-0.39, 0.29) is 29.9 Å². The summed E-state index contributed by atoms with van der Waals surface area (Å²) in [6, 6.07) is 14.6. The van der Waals surface area contributed by atoms with Crippen LogP contribution in [0.1, 0.15) is 29.3 Å². The minimum atomic E-state index is -0.275. The number of nitrogens with one attached hydrogen (secondary N) is 1. The average molecular weight is 299 g/mol. The standard InChI is InChI=1S/C18H21NO3/c1-13(7-8-14-5-3-2-4-6-14)19-12-18(22)15-9-10-16(20)17(21)11-15/h2-6,9-11,13,19-21H,7-8,12H2,1H3. The molecule has 0 aliphatic carbocycles. The molecule has 3 N–H and O–H groups in total. The van der Waals surface area contributed by atoms with Gasteiger partial charge < -0.3 is 15.5 Å². The highest BCUT2D eigenvalue weighted by atomic mass is 16.3. The first-order valence-corrected chi connectivity index (χ1v) is 7.38. The highest BCUT2D eigenvalue weighted by Crippen LogP contribution is 2.24.